The Morgan fingerprint density at radius 3 is 0.936 bits per heavy atom. The molecule has 3 fully saturated rings. The molecule has 0 aliphatic carbocycles. The zero-order valence-corrected chi connectivity index (χ0v) is 74.0. The van der Waals surface area contributed by atoms with E-state index in [0.29, 0.717) is 125 Å². The molecule has 13 heterocycles. The van der Waals surface area contributed by atoms with Gasteiger partial charge in [-0.2, -0.15) is 91.3 Å². The summed E-state index contributed by atoms with van der Waals surface area (Å²) in [6.07, 6.45) is -17.3. The molecule has 0 bridgehead atoms. The first-order chi connectivity index (χ1) is 58.6. The van der Waals surface area contributed by atoms with Gasteiger partial charge in [0, 0.05) is 146 Å². The molecule has 1 aromatic carbocycles. The van der Waals surface area contributed by atoms with Crippen LogP contribution in [0.1, 0.15) is 137 Å². The molecule has 6 amide bonds. The van der Waals surface area contributed by atoms with Gasteiger partial charge in [-0.3, -0.25) is 52.2 Å². The Hall–Kier alpha value is -10.4. The number of piperazine rings is 2. The lowest BCUT2D eigenvalue weighted by Gasteiger charge is -2.36. The van der Waals surface area contributed by atoms with Crippen LogP contribution in [0, 0.1) is 5.92 Å². The minimum absolute atomic E-state index is 0.0221. The molecule has 11 aromatic rings. The van der Waals surface area contributed by atoms with E-state index in [0.717, 1.165) is 150 Å². The number of carbonyl (C=O) groups excluding carboxylic acids is 6. The lowest BCUT2D eigenvalue weighted by atomic mass is 10.1. The third-order valence-electron chi connectivity index (χ3n) is 19.8. The monoisotopic (exact) mass is 1870 g/mol. The molecule has 0 saturated carbocycles. The summed E-state index contributed by atoms with van der Waals surface area (Å²) in [5.74, 6) is -0.290. The second-order valence-corrected chi connectivity index (χ2v) is 35.4. The number of likely N-dealkylation sites (tertiary alicyclic amines) is 1. The Bertz CT molecular complexity index is 5540. The number of unbranched alkanes of at least 4 members (excludes halogenated alkanes) is 1. The van der Waals surface area contributed by atoms with Gasteiger partial charge in [0.05, 0.1) is 48.8 Å². The number of halogens is 16. The fourth-order valence-corrected chi connectivity index (χ4v) is 18.2. The molecule has 44 heteroatoms. The molecule has 0 spiro atoms. The van der Waals surface area contributed by atoms with Crippen molar-refractivity contribution in [3.63, 3.8) is 0 Å². The van der Waals surface area contributed by atoms with Crippen LogP contribution < -0.4 is 4.90 Å². The molecular formula is C81H87ClF15N17O6S5. The van der Waals surface area contributed by atoms with Gasteiger partial charge in [0.1, 0.15) is 56.9 Å². The molecule has 0 unspecified atom stereocenters. The quantitative estimate of drug-likeness (QED) is 0.0826. The minimum atomic E-state index is -4.48. The smallest absolute Gasteiger partial charge is 0.368 e. The van der Waals surface area contributed by atoms with Crippen molar-refractivity contribution in [2.24, 2.45) is 41.2 Å². The van der Waals surface area contributed by atoms with Crippen molar-refractivity contribution < 1.29 is 94.6 Å². The zero-order chi connectivity index (χ0) is 91.7. The van der Waals surface area contributed by atoms with Crippen molar-refractivity contribution in [2.75, 3.05) is 97.5 Å². The maximum Gasteiger partial charge on any atom is 0.433 e. The molecule has 0 atom stereocenters. The second kappa shape index (κ2) is 40.5. The fourth-order valence-electron chi connectivity index (χ4n) is 13.3. The molecule has 125 heavy (non-hydrogen) atoms. The normalized spacial score (nSPS) is 14.1. The lowest BCUT2D eigenvalue weighted by Crippen LogP contribution is -2.49. The highest BCUT2D eigenvalue weighted by molar-refractivity contribution is 7.18. The largest absolute Gasteiger partial charge is 0.433 e. The highest BCUT2D eigenvalue weighted by atomic mass is 35.5. The number of anilines is 1. The standard InChI is InChI=1S/C20H18ClF3N4OS.C16H17F3N4O2S.C15H16F3N3OS.2C15H18F3N3OS/c1-26-18(20(22,23)24)12-15(25-26)16-6-7-17(30-16)19(29)28-10-8-27(9-11-28)14-4-2-13(21)3-5-14;1-10(24)22-5-7-23(8-6-22)15(25)13-4-3-12(26-13)11-9-14(16(17,18)19)21(2)20-11;1-20-13(15(16,17)18)9-10(19-20)11-5-6-12(23-11)14(22)21-7-3-2-4-8-21;1-9(2)8-20(3)14(22)12-6-5-11(23-12)10-7-13(15(16,17)18)21(4)19-10;1-4-5-8-20(2)14(22)12-7-6-11(23-12)10-9-13(15(16,17)18)21(3)19-10/h2-7,12H,8-11H2,1H3;3-4,9H,5-8H2,1-2H3;5-6,9H,2-4,7-8H2,1H3;5-7,9H,8H2,1-4H3;6-7,9H,4-5,8H2,1-3H3. The van der Waals surface area contributed by atoms with Crippen LogP contribution in [-0.2, 0) is 70.9 Å². The van der Waals surface area contributed by atoms with E-state index in [1.807, 2.05) is 45.0 Å². The van der Waals surface area contributed by atoms with Crippen LogP contribution in [0.3, 0.4) is 0 Å². The summed E-state index contributed by atoms with van der Waals surface area (Å²) in [4.78, 5) is 91.2. The number of alkyl halides is 15. The highest BCUT2D eigenvalue weighted by Gasteiger charge is 2.41. The molecule has 3 aliphatic rings. The number of benzene rings is 1. The van der Waals surface area contributed by atoms with Crippen molar-refractivity contribution in [1.29, 1.82) is 0 Å². The second-order valence-electron chi connectivity index (χ2n) is 29.6. The average molecular weight is 1880 g/mol. The van der Waals surface area contributed by atoms with Crippen molar-refractivity contribution in [3.8, 4) is 52.9 Å². The van der Waals surface area contributed by atoms with Crippen molar-refractivity contribution in [1.82, 2.24) is 78.3 Å². The first kappa shape index (κ1) is 96.8. The van der Waals surface area contributed by atoms with Crippen LogP contribution in [-0.4, -0.2) is 206 Å². The third-order valence-corrected chi connectivity index (χ3v) is 25.5. The van der Waals surface area contributed by atoms with Gasteiger partial charge < -0.3 is 34.3 Å². The van der Waals surface area contributed by atoms with Gasteiger partial charge in [0.25, 0.3) is 29.5 Å². The maximum atomic E-state index is 13.0. The Morgan fingerprint density at radius 1 is 0.384 bits per heavy atom. The Balaban J connectivity index is 0.000000164. The number of amides is 6. The Morgan fingerprint density at radius 2 is 0.656 bits per heavy atom. The molecule has 674 valence electrons. The molecule has 0 radical (unpaired) electrons. The van der Waals surface area contributed by atoms with Gasteiger partial charge in [0.2, 0.25) is 5.91 Å². The molecular weight excluding hydrogens is 1790 g/mol. The number of rotatable bonds is 16. The van der Waals surface area contributed by atoms with E-state index in [2.05, 4.69) is 30.4 Å². The van der Waals surface area contributed by atoms with Gasteiger partial charge in [-0.15, -0.1) is 56.7 Å². The summed E-state index contributed by atoms with van der Waals surface area (Å²) in [7, 11) is 9.70. The summed E-state index contributed by atoms with van der Waals surface area (Å²) in [6.45, 7) is 14.7. The maximum absolute atomic E-state index is 13.0. The molecule has 10 aromatic heterocycles. The van der Waals surface area contributed by atoms with E-state index in [-0.39, 0.29) is 63.9 Å². The van der Waals surface area contributed by atoms with Crippen LogP contribution >= 0.6 is 68.3 Å². The SMILES string of the molecule is CC(=O)N1CCN(C(=O)c2ccc(-c3cc(C(F)(F)F)n(C)n3)s2)CC1.CC(C)CN(C)C(=O)c1ccc(-c2cc(C(F)(F)F)n(C)n2)s1.CCCCN(C)C(=O)c1ccc(-c2cc(C(F)(F)F)n(C)n2)s1.Cn1nc(-c2ccc(C(=O)N3CCCCC3)s2)cc1C(F)(F)F.Cn1nc(-c2ccc(C(=O)N3CCN(c4ccc(Cl)cc4)CC3)s2)cc1C(F)(F)F. The summed E-state index contributed by atoms with van der Waals surface area (Å²) >= 11 is 11.7. The Labute approximate surface area is 733 Å². The van der Waals surface area contributed by atoms with E-state index in [1.165, 1.54) is 53.5 Å². The number of aromatic nitrogens is 10. The summed E-state index contributed by atoms with van der Waals surface area (Å²) in [5, 5.41) is 20.2. The number of aryl methyl sites for hydroxylation is 5. The van der Waals surface area contributed by atoms with Crippen LogP contribution in [0.5, 0.6) is 0 Å². The number of piperidine rings is 1. The molecule has 0 N–H and O–H groups in total. The molecule has 23 nitrogen and oxygen atoms in total. The van der Waals surface area contributed by atoms with E-state index in [4.69, 9.17) is 11.6 Å². The number of thiophene rings is 5. The highest BCUT2D eigenvalue weighted by Crippen LogP contribution is 2.41. The predicted octanol–water partition coefficient (Wildman–Crippen LogP) is 19.0. The van der Waals surface area contributed by atoms with Gasteiger partial charge in [0.15, 0.2) is 0 Å². The van der Waals surface area contributed by atoms with Crippen LogP contribution in [0.25, 0.3) is 52.9 Å². The van der Waals surface area contributed by atoms with Crippen LogP contribution in [0.15, 0.2) is 115 Å². The van der Waals surface area contributed by atoms with Gasteiger partial charge in [-0.05, 0) is 147 Å². The fraction of sp³-hybridized carbons (Fsp3) is 0.420. The van der Waals surface area contributed by atoms with Gasteiger partial charge >= 0.3 is 30.9 Å². The van der Waals surface area contributed by atoms with Crippen molar-refractivity contribution in [3.05, 3.63) is 173 Å². The molecule has 3 saturated heterocycles. The van der Waals surface area contributed by atoms with E-state index < -0.39 is 59.4 Å². The van der Waals surface area contributed by atoms with E-state index in [9.17, 15) is 94.6 Å². The number of nitrogens with zero attached hydrogens (tertiary/aromatic N) is 17. The molecule has 3 aliphatic heterocycles. The first-order valence-electron chi connectivity index (χ1n) is 38.8. The first-order valence-corrected chi connectivity index (χ1v) is 43.3. The topological polar surface area (TPSA) is 214 Å². The third kappa shape index (κ3) is 24.9. The number of hydrogen-bond acceptors (Lipinski definition) is 17. The van der Waals surface area contributed by atoms with E-state index in [1.54, 1.807) is 104 Å². The minimum Gasteiger partial charge on any atom is -0.368 e. The summed E-state index contributed by atoms with van der Waals surface area (Å²) < 4.78 is 197. The van der Waals surface area contributed by atoms with Crippen LogP contribution in [0.4, 0.5) is 71.5 Å². The lowest BCUT2D eigenvalue weighted by molar-refractivity contribution is -0.144. The van der Waals surface area contributed by atoms with Gasteiger partial charge in [-0.25, -0.2) is 0 Å². The van der Waals surface area contributed by atoms with Crippen LogP contribution in [0.2, 0.25) is 5.02 Å². The van der Waals surface area contributed by atoms with E-state index >= 15 is 0 Å². The number of hydrogen-bond donors (Lipinski definition) is 0. The zero-order valence-electron chi connectivity index (χ0n) is 69.2. The Kier molecular flexibility index (Phi) is 31.4. The average Bonchev–Trinajstić information content (AvgIpc) is 1.68. The summed E-state index contributed by atoms with van der Waals surface area (Å²) in [6, 6.07) is 28.9. The van der Waals surface area contributed by atoms with Crippen molar-refractivity contribution >= 4 is 109 Å². The van der Waals surface area contributed by atoms with Crippen molar-refractivity contribution in [2.45, 2.75) is 90.7 Å². The number of carbonyl (C=O) groups is 6. The predicted molar refractivity (Wildman–Crippen MR) is 449 cm³/mol. The molecule has 14 rings (SSSR count). The summed E-state index contributed by atoms with van der Waals surface area (Å²) in [5.41, 5.74) is -1.96. The van der Waals surface area contributed by atoms with Gasteiger partial charge in [-0.1, -0.05) is 38.8 Å².